The Balaban J connectivity index is 1.74. The molecule has 0 saturated carbocycles. The Kier molecular flexibility index (Phi) is 5.73. The summed E-state index contributed by atoms with van der Waals surface area (Å²) in [6.07, 6.45) is 3.66. The summed E-state index contributed by atoms with van der Waals surface area (Å²) in [5.74, 6) is -0.579. The fourth-order valence-corrected chi connectivity index (χ4v) is 3.21. The van der Waals surface area contributed by atoms with Gasteiger partial charge in [-0.2, -0.15) is 0 Å². The van der Waals surface area contributed by atoms with E-state index < -0.39 is 0 Å². The van der Waals surface area contributed by atoms with Crippen LogP contribution in [0.1, 0.15) is 40.5 Å². The first-order chi connectivity index (χ1) is 12.2. The van der Waals surface area contributed by atoms with Crippen LogP contribution in [0, 0.1) is 5.82 Å². The molecule has 2 N–H and O–H groups in total. The van der Waals surface area contributed by atoms with Gasteiger partial charge in [0.05, 0.1) is 12.6 Å². The molecule has 1 saturated heterocycles. The number of rotatable bonds is 6. The molecule has 1 aliphatic rings. The average Bonchev–Trinajstić information content (AvgIpc) is 3.17. The van der Waals surface area contributed by atoms with Gasteiger partial charge in [0.25, 0.3) is 5.91 Å². The first kappa shape index (κ1) is 17.5. The van der Waals surface area contributed by atoms with E-state index in [4.69, 9.17) is 0 Å². The zero-order valence-corrected chi connectivity index (χ0v) is 14.0. The van der Waals surface area contributed by atoms with Crippen LogP contribution in [0.15, 0.2) is 42.6 Å². The number of carbonyl (C=O) groups excluding carboxylic acids is 1. The van der Waals surface area contributed by atoms with Gasteiger partial charge < -0.3 is 10.4 Å². The van der Waals surface area contributed by atoms with Crippen LogP contribution < -0.4 is 5.32 Å². The number of nitrogens with zero attached hydrogens (tertiary/aromatic N) is 2. The minimum atomic E-state index is -0.323. The van der Waals surface area contributed by atoms with Crippen LogP contribution in [0.2, 0.25) is 0 Å². The molecule has 6 heteroatoms. The number of likely N-dealkylation sites (tertiary alicyclic amines) is 1. The third-order valence-corrected chi connectivity index (χ3v) is 4.54. The van der Waals surface area contributed by atoms with Crippen LogP contribution in [-0.2, 0) is 6.61 Å². The molecule has 1 fully saturated rings. The molecule has 1 aromatic carbocycles. The Morgan fingerprint density at radius 1 is 1.28 bits per heavy atom. The second-order valence-electron chi connectivity index (χ2n) is 6.20. The quantitative estimate of drug-likeness (QED) is 0.845. The average molecular weight is 343 g/mol. The van der Waals surface area contributed by atoms with E-state index in [0.29, 0.717) is 17.7 Å². The molecule has 1 amide bonds. The number of aliphatic hydroxyl groups is 1. The highest BCUT2D eigenvalue weighted by Gasteiger charge is 2.26. The van der Waals surface area contributed by atoms with Crippen LogP contribution in [0.3, 0.4) is 0 Å². The molecule has 1 atom stereocenters. The summed E-state index contributed by atoms with van der Waals surface area (Å²) < 4.78 is 14.3. The zero-order chi connectivity index (χ0) is 17.6. The Morgan fingerprint density at radius 3 is 2.76 bits per heavy atom. The zero-order valence-electron chi connectivity index (χ0n) is 14.0. The monoisotopic (exact) mass is 343 g/mol. The Morgan fingerprint density at radius 2 is 2.04 bits per heavy atom. The molecule has 1 aromatic heterocycles. The number of carbonyl (C=O) groups is 1. The number of amides is 1. The SMILES string of the molecule is O=C(NCC(c1ccccc1F)N1CCCC1)c1cc(CO)ccn1. The summed E-state index contributed by atoms with van der Waals surface area (Å²) in [6, 6.07) is 9.72. The van der Waals surface area contributed by atoms with Gasteiger partial charge in [0.1, 0.15) is 11.5 Å². The maximum Gasteiger partial charge on any atom is 0.269 e. The summed E-state index contributed by atoms with van der Waals surface area (Å²) in [6.45, 7) is 1.96. The number of aromatic nitrogens is 1. The van der Waals surface area contributed by atoms with Crippen LogP contribution >= 0.6 is 0 Å². The van der Waals surface area contributed by atoms with Crippen LogP contribution in [0.25, 0.3) is 0 Å². The van der Waals surface area contributed by atoms with Gasteiger partial charge in [-0.05, 0) is 49.7 Å². The Bertz CT molecular complexity index is 732. The van der Waals surface area contributed by atoms with Crippen molar-refractivity contribution < 1.29 is 14.3 Å². The number of hydrogen-bond acceptors (Lipinski definition) is 4. The van der Waals surface area contributed by atoms with Crippen molar-refractivity contribution in [3.63, 3.8) is 0 Å². The number of pyridine rings is 1. The topological polar surface area (TPSA) is 65.5 Å². The maximum absolute atomic E-state index is 14.3. The fourth-order valence-electron chi connectivity index (χ4n) is 3.21. The molecule has 0 aliphatic carbocycles. The van der Waals surface area contributed by atoms with E-state index >= 15 is 0 Å². The maximum atomic E-state index is 14.3. The molecule has 0 bridgehead atoms. The molecule has 2 aromatic rings. The van der Waals surface area contributed by atoms with Crippen LogP contribution in [0.5, 0.6) is 0 Å². The molecule has 3 rings (SSSR count). The predicted molar refractivity (Wildman–Crippen MR) is 92.4 cm³/mol. The van der Waals surface area contributed by atoms with E-state index in [9.17, 15) is 14.3 Å². The molecule has 0 spiro atoms. The van der Waals surface area contributed by atoms with Crippen LogP contribution in [-0.4, -0.2) is 40.5 Å². The highest BCUT2D eigenvalue weighted by Crippen LogP contribution is 2.26. The van der Waals surface area contributed by atoms with Crippen molar-refractivity contribution in [2.45, 2.75) is 25.5 Å². The smallest absolute Gasteiger partial charge is 0.269 e. The lowest BCUT2D eigenvalue weighted by Crippen LogP contribution is -2.37. The molecule has 2 heterocycles. The van der Waals surface area contributed by atoms with Crippen molar-refractivity contribution in [3.05, 3.63) is 65.2 Å². The fraction of sp³-hybridized carbons (Fsp3) is 0.368. The van der Waals surface area contributed by atoms with Crippen molar-refractivity contribution >= 4 is 5.91 Å². The van der Waals surface area contributed by atoms with Gasteiger partial charge in [0, 0.05) is 18.3 Å². The third-order valence-electron chi connectivity index (χ3n) is 4.54. The summed E-state index contributed by atoms with van der Waals surface area (Å²) in [5.41, 5.74) is 1.48. The number of benzene rings is 1. The second-order valence-corrected chi connectivity index (χ2v) is 6.20. The molecule has 25 heavy (non-hydrogen) atoms. The highest BCUT2D eigenvalue weighted by atomic mass is 19.1. The summed E-state index contributed by atoms with van der Waals surface area (Å²) in [7, 11) is 0. The summed E-state index contributed by atoms with van der Waals surface area (Å²) >= 11 is 0. The Labute approximate surface area is 146 Å². The summed E-state index contributed by atoms with van der Waals surface area (Å²) in [4.78, 5) is 18.6. The largest absolute Gasteiger partial charge is 0.392 e. The van der Waals surface area contributed by atoms with E-state index in [2.05, 4.69) is 15.2 Å². The van der Waals surface area contributed by atoms with Gasteiger partial charge in [0.15, 0.2) is 0 Å². The van der Waals surface area contributed by atoms with Crippen molar-refractivity contribution in [2.75, 3.05) is 19.6 Å². The van der Waals surface area contributed by atoms with Gasteiger partial charge in [-0.25, -0.2) is 4.39 Å². The van der Waals surface area contributed by atoms with Gasteiger partial charge in [0.2, 0.25) is 0 Å². The van der Waals surface area contributed by atoms with E-state index in [-0.39, 0.29) is 30.1 Å². The second kappa shape index (κ2) is 8.18. The number of nitrogens with one attached hydrogen (secondary N) is 1. The first-order valence-electron chi connectivity index (χ1n) is 8.51. The molecule has 1 unspecified atom stereocenters. The van der Waals surface area contributed by atoms with Crippen molar-refractivity contribution in [2.24, 2.45) is 0 Å². The predicted octanol–water partition coefficient (Wildman–Crippen LogP) is 2.28. The van der Waals surface area contributed by atoms with E-state index in [1.54, 1.807) is 24.3 Å². The molecule has 132 valence electrons. The Hall–Kier alpha value is -2.31. The molecule has 1 aliphatic heterocycles. The van der Waals surface area contributed by atoms with Gasteiger partial charge in [-0.1, -0.05) is 18.2 Å². The molecular formula is C19H22FN3O2. The number of aliphatic hydroxyl groups excluding tert-OH is 1. The van der Waals surface area contributed by atoms with Gasteiger partial charge in [-0.3, -0.25) is 14.7 Å². The van der Waals surface area contributed by atoms with E-state index in [1.807, 2.05) is 6.07 Å². The highest BCUT2D eigenvalue weighted by molar-refractivity contribution is 5.92. The van der Waals surface area contributed by atoms with E-state index in [0.717, 1.165) is 25.9 Å². The van der Waals surface area contributed by atoms with Crippen molar-refractivity contribution in [1.29, 1.82) is 0 Å². The molecule has 5 nitrogen and oxygen atoms in total. The minimum Gasteiger partial charge on any atom is -0.392 e. The first-order valence-corrected chi connectivity index (χ1v) is 8.51. The lowest BCUT2D eigenvalue weighted by Gasteiger charge is -2.28. The number of hydrogen-bond donors (Lipinski definition) is 2. The van der Waals surface area contributed by atoms with Crippen molar-refractivity contribution in [1.82, 2.24) is 15.2 Å². The lowest BCUT2D eigenvalue weighted by atomic mass is 10.0. The third kappa shape index (κ3) is 4.21. The van der Waals surface area contributed by atoms with Gasteiger partial charge >= 0.3 is 0 Å². The number of halogens is 1. The van der Waals surface area contributed by atoms with Crippen molar-refractivity contribution in [3.8, 4) is 0 Å². The lowest BCUT2D eigenvalue weighted by molar-refractivity contribution is 0.0932. The molecular weight excluding hydrogens is 321 g/mol. The van der Waals surface area contributed by atoms with Crippen LogP contribution in [0.4, 0.5) is 4.39 Å². The molecule has 0 radical (unpaired) electrons. The summed E-state index contributed by atoms with van der Waals surface area (Å²) in [5, 5.41) is 12.0. The van der Waals surface area contributed by atoms with Gasteiger partial charge in [-0.15, -0.1) is 0 Å². The van der Waals surface area contributed by atoms with E-state index in [1.165, 1.54) is 12.3 Å². The minimum absolute atomic E-state index is 0.144. The normalized spacial score (nSPS) is 15.9. The standard InChI is InChI=1S/C19H22FN3O2/c20-16-6-2-1-5-15(16)18(23-9-3-4-10-23)12-22-19(25)17-11-14(13-24)7-8-21-17/h1-2,5-8,11,18,24H,3-4,9-10,12-13H2,(H,22,25).